The number of phenols is 1. The standard InChI is InChI=1S/C16H9F3O5S/c1-23-15(22)7-4-11(25-6-7)12-13(21)9-3-2-8(20)5-10(9)24-14(12)16(17,18)19/h2-6,20H,1H3. The van der Waals surface area contributed by atoms with E-state index in [0.29, 0.717) is 0 Å². The van der Waals surface area contributed by atoms with Gasteiger partial charge in [-0.15, -0.1) is 11.3 Å². The molecule has 0 radical (unpaired) electrons. The lowest BCUT2D eigenvalue weighted by atomic mass is 10.1. The normalized spacial score (nSPS) is 11.7. The van der Waals surface area contributed by atoms with E-state index in [2.05, 4.69) is 4.74 Å². The zero-order chi connectivity index (χ0) is 18.4. The van der Waals surface area contributed by atoms with Crippen LogP contribution in [0.15, 0.2) is 38.9 Å². The molecule has 0 amide bonds. The van der Waals surface area contributed by atoms with Crippen LogP contribution in [0.4, 0.5) is 13.2 Å². The SMILES string of the molecule is COC(=O)c1csc(-c2c(C(F)(F)F)oc3cc(O)ccc3c2=O)c1. The molecular weight excluding hydrogens is 361 g/mol. The quantitative estimate of drug-likeness (QED) is 0.689. The molecule has 0 bridgehead atoms. The highest BCUT2D eigenvalue weighted by atomic mass is 32.1. The Kier molecular flexibility index (Phi) is 4.03. The van der Waals surface area contributed by atoms with Crippen molar-refractivity contribution in [3.8, 4) is 16.2 Å². The molecular formula is C16H9F3O5S. The second kappa shape index (κ2) is 5.92. The van der Waals surface area contributed by atoms with E-state index in [0.717, 1.165) is 30.6 Å². The molecule has 0 aliphatic rings. The highest BCUT2D eigenvalue weighted by Gasteiger charge is 2.40. The lowest BCUT2D eigenvalue weighted by Gasteiger charge is -2.11. The van der Waals surface area contributed by atoms with Gasteiger partial charge in [0.05, 0.1) is 23.6 Å². The summed E-state index contributed by atoms with van der Waals surface area (Å²) in [7, 11) is 1.14. The third-order valence-corrected chi connectivity index (χ3v) is 4.35. The molecule has 0 saturated heterocycles. The largest absolute Gasteiger partial charge is 0.508 e. The van der Waals surface area contributed by atoms with E-state index in [4.69, 9.17) is 4.42 Å². The summed E-state index contributed by atoms with van der Waals surface area (Å²) in [6.07, 6.45) is -4.94. The van der Waals surface area contributed by atoms with Gasteiger partial charge in [0.25, 0.3) is 0 Å². The second-order valence-corrected chi connectivity index (χ2v) is 5.92. The first-order valence-corrected chi connectivity index (χ1v) is 7.64. The molecule has 0 atom stereocenters. The van der Waals surface area contributed by atoms with Crippen molar-refractivity contribution in [1.82, 2.24) is 0 Å². The zero-order valence-electron chi connectivity index (χ0n) is 12.5. The molecule has 2 aromatic heterocycles. The Labute approximate surface area is 141 Å². The summed E-state index contributed by atoms with van der Waals surface area (Å²) in [5, 5.41) is 10.6. The Morgan fingerprint density at radius 2 is 2.00 bits per heavy atom. The van der Waals surface area contributed by atoms with Crippen LogP contribution in [0.3, 0.4) is 0 Å². The fraction of sp³-hybridized carbons (Fsp3) is 0.125. The molecule has 3 aromatic rings. The van der Waals surface area contributed by atoms with Gasteiger partial charge in [-0.2, -0.15) is 13.2 Å². The molecule has 2 heterocycles. The van der Waals surface area contributed by atoms with Crippen molar-refractivity contribution >= 4 is 28.3 Å². The van der Waals surface area contributed by atoms with Gasteiger partial charge in [0.15, 0.2) is 0 Å². The summed E-state index contributed by atoms with van der Waals surface area (Å²) in [5.41, 5.74) is -1.95. The van der Waals surface area contributed by atoms with E-state index in [1.165, 1.54) is 17.5 Å². The Morgan fingerprint density at radius 1 is 1.28 bits per heavy atom. The summed E-state index contributed by atoms with van der Waals surface area (Å²) in [6, 6.07) is 4.42. The molecule has 0 saturated carbocycles. The highest BCUT2D eigenvalue weighted by Crippen LogP contribution is 2.39. The maximum Gasteiger partial charge on any atom is 0.450 e. The molecule has 0 aliphatic carbocycles. The van der Waals surface area contributed by atoms with Crippen LogP contribution < -0.4 is 5.43 Å². The van der Waals surface area contributed by atoms with Gasteiger partial charge in [-0.1, -0.05) is 0 Å². The number of ether oxygens (including phenoxy) is 1. The molecule has 1 aromatic carbocycles. The van der Waals surface area contributed by atoms with E-state index >= 15 is 0 Å². The lowest BCUT2D eigenvalue weighted by Crippen LogP contribution is -2.15. The number of alkyl halides is 3. The molecule has 130 valence electrons. The van der Waals surface area contributed by atoms with Gasteiger partial charge in [-0.3, -0.25) is 4.79 Å². The van der Waals surface area contributed by atoms with E-state index in [1.807, 2.05) is 0 Å². The maximum absolute atomic E-state index is 13.4. The maximum atomic E-state index is 13.4. The number of methoxy groups -OCH3 is 1. The third kappa shape index (κ3) is 2.98. The minimum atomic E-state index is -4.94. The molecule has 5 nitrogen and oxygen atoms in total. The zero-order valence-corrected chi connectivity index (χ0v) is 13.3. The fourth-order valence-corrected chi connectivity index (χ4v) is 3.21. The first-order chi connectivity index (χ1) is 11.7. The van der Waals surface area contributed by atoms with Crippen molar-refractivity contribution in [3.63, 3.8) is 0 Å². The summed E-state index contributed by atoms with van der Waals surface area (Å²) in [4.78, 5) is 24.0. The number of hydrogen-bond donors (Lipinski definition) is 1. The summed E-state index contributed by atoms with van der Waals surface area (Å²) < 4.78 is 49.6. The van der Waals surface area contributed by atoms with E-state index in [-0.39, 0.29) is 27.2 Å². The molecule has 25 heavy (non-hydrogen) atoms. The van der Waals surface area contributed by atoms with Gasteiger partial charge >= 0.3 is 12.1 Å². The van der Waals surface area contributed by atoms with Crippen molar-refractivity contribution < 1.29 is 32.2 Å². The average Bonchev–Trinajstić information content (AvgIpc) is 3.02. The van der Waals surface area contributed by atoms with Gasteiger partial charge in [0, 0.05) is 16.3 Å². The van der Waals surface area contributed by atoms with Gasteiger partial charge in [-0.25, -0.2) is 4.79 Å². The van der Waals surface area contributed by atoms with Crippen molar-refractivity contribution in [3.05, 3.63) is 51.2 Å². The number of rotatable bonds is 2. The molecule has 0 unspecified atom stereocenters. The number of fused-ring (bicyclic) bond motifs is 1. The Balaban J connectivity index is 2.34. The Morgan fingerprint density at radius 3 is 2.64 bits per heavy atom. The van der Waals surface area contributed by atoms with Crippen LogP contribution in [-0.2, 0) is 10.9 Å². The van der Waals surface area contributed by atoms with Crippen LogP contribution in [0.5, 0.6) is 5.75 Å². The van der Waals surface area contributed by atoms with E-state index in [9.17, 15) is 27.9 Å². The smallest absolute Gasteiger partial charge is 0.450 e. The van der Waals surface area contributed by atoms with Crippen LogP contribution in [0, 0.1) is 0 Å². The summed E-state index contributed by atoms with van der Waals surface area (Å²) >= 11 is 0.792. The van der Waals surface area contributed by atoms with Crippen LogP contribution >= 0.6 is 11.3 Å². The number of esters is 1. The molecule has 1 N–H and O–H groups in total. The topological polar surface area (TPSA) is 76.7 Å². The molecule has 9 heteroatoms. The van der Waals surface area contributed by atoms with Gasteiger partial charge in [0.2, 0.25) is 11.2 Å². The summed E-state index contributed by atoms with van der Waals surface area (Å²) in [5.74, 6) is -2.55. The Hall–Kier alpha value is -2.81. The van der Waals surface area contributed by atoms with Crippen molar-refractivity contribution in [1.29, 1.82) is 0 Å². The number of halogens is 3. The van der Waals surface area contributed by atoms with E-state index < -0.39 is 28.9 Å². The minimum absolute atomic E-state index is 0.0285. The predicted molar refractivity (Wildman–Crippen MR) is 83.8 cm³/mol. The molecule has 0 aliphatic heterocycles. The fourth-order valence-electron chi connectivity index (χ4n) is 2.30. The van der Waals surface area contributed by atoms with Gasteiger partial charge < -0.3 is 14.3 Å². The third-order valence-electron chi connectivity index (χ3n) is 3.40. The van der Waals surface area contributed by atoms with Gasteiger partial charge in [0.1, 0.15) is 11.3 Å². The highest BCUT2D eigenvalue weighted by molar-refractivity contribution is 7.13. The number of carbonyl (C=O) groups excluding carboxylic acids is 1. The number of phenolic OH excluding ortho intramolecular Hbond substituents is 1. The lowest BCUT2D eigenvalue weighted by molar-refractivity contribution is -0.152. The molecule has 0 fully saturated rings. The number of hydrogen-bond acceptors (Lipinski definition) is 6. The molecule has 0 spiro atoms. The molecule has 3 rings (SSSR count). The number of carbonyl (C=O) groups is 1. The number of benzene rings is 1. The van der Waals surface area contributed by atoms with Crippen LogP contribution in [-0.4, -0.2) is 18.2 Å². The van der Waals surface area contributed by atoms with Crippen molar-refractivity contribution in [2.24, 2.45) is 0 Å². The first-order valence-electron chi connectivity index (χ1n) is 6.76. The second-order valence-electron chi connectivity index (χ2n) is 5.00. The number of thiophene rings is 1. The van der Waals surface area contributed by atoms with Crippen LogP contribution in [0.1, 0.15) is 16.1 Å². The Bertz CT molecular complexity index is 1030. The van der Waals surface area contributed by atoms with Crippen LogP contribution in [0.25, 0.3) is 21.4 Å². The van der Waals surface area contributed by atoms with Crippen LogP contribution in [0.2, 0.25) is 0 Å². The predicted octanol–water partition coefficient (Wildman–Crippen LogP) is 4.03. The summed E-state index contributed by atoms with van der Waals surface area (Å²) in [6.45, 7) is 0. The minimum Gasteiger partial charge on any atom is -0.508 e. The first kappa shape index (κ1) is 17.0. The monoisotopic (exact) mass is 370 g/mol. The van der Waals surface area contributed by atoms with E-state index in [1.54, 1.807) is 0 Å². The average molecular weight is 370 g/mol. The van der Waals surface area contributed by atoms with Gasteiger partial charge in [-0.05, 0) is 18.2 Å². The van der Waals surface area contributed by atoms with Crippen molar-refractivity contribution in [2.45, 2.75) is 6.18 Å². The van der Waals surface area contributed by atoms with Crippen molar-refractivity contribution in [2.75, 3.05) is 7.11 Å². The number of aromatic hydroxyl groups is 1.